The van der Waals surface area contributed by atoms with Gasteiger partial charge in [-0.25, -0.2) is 9.82 Å². The summed E-state index contributed by atoms with van der Waals surface area (Å²) in [6, 6.07) is 14.2. The van der Waals surface area contributed by atoms with Crippen molar-refractivity contribution in [1.29, 1.82) is 0 Å². The van der Waals surface area contributed by atoms with E-state index in [1.54, 1.807) is 48.5 Å². The molecule has 0 spiro atoms. The van der Waals surface area contributed by atoms with Crippen molar-refractivity contribution in [1.82, 2.24) is 5.43 Å². The molecule has 9 heteroatoms. The molecule has 0 aliphatic rings. The van der Waals surface area contributed by atoms with Gasteiger partial charge in [0.2, 0.25) is 0 Å². The molecule has 0 heterocycles. The maximum absolute atomic E-state index is 13.1. The zero-order chi connectivity index (χ0) is 26.6. The minimum atomic E-state index is -0.428. The van der Waals surface area contributed by atoms with Gasteiger partial charge >= 0.3 is 0 Å². The molecule has 0 aliphatic carbocycles. The van der Waals surface area contributed by atoms with Crippen LogP contribution in [0.4, 0.5) is 4.39 Å². The standard InChI is InChI=1S/C28H28ClFN2O5/c1-4-13-36-24-12-9-21(16-25(24)34-5-2)28(33)32-31-17-20-14-23(29)27(26(15-20)35-6-3)37-18-19-7-10-22(30)11-8-19/h4,7-12,14-17H,1,5-6,13,18H2,2-3H3,(H,32,33)/b31-17+. The topological polar surface area (TPSA) is 78.4 Å². The maximum atomic E-state index is 13.1. The van der Waals surface area contributed by atoms with Crippen LogP contribution in [-0.2, 0) is 6.61 Å². The number of nitrogens with one attached hydrogen (secondary N) is 1. The first-order chi connectivity index (χ1) is 17.9. The van der Waals surface area contributed by atoms with Crippen LogP contribution in [0, 0.1) is 5.82 Å². The Balaban J connectivity index is 1.70. The van der Waals surface area contributed by atoms with Gasteiger partial charge in [0.1, 0.15) is 19.0 Å². The molecule has 0 aliphatic heterocycles. The molecule has 1 N–H and O–H groups in total. The van der Waals surface area contributed by atoms with Crippen molar-refractivity contribution in [3.8, 4) is 23.0 Å². The molecule has 37 heavy (non-hydrogen) atoms. The summed E-state index contributed by atoms with van der Waals surface area (Å²) in [6.07, 6.45) is 3.07. The SMILES string of the molecule is C=CCOc1ccc(C(=O)N/N=C/c2cc(Cl)c(OCc3ccc(F)cc3)c(OCC)c2)cc1OCC. The average molecular weight is 527 g/mol. The van der Waals surface area contributed by atoms with Crippen LogP contribution in [0.15, 0.2) is 72.4 Å². The van der Waals surface area contributed by atoms with Crippen molar-refractivity contribution in [2.75, 3.05) is 19.8 Å². The molecule has 0 unspecified atom stereocenters. The first-order valence-corrected chi connectivity index (χ1v) is 12.0. The third-order valence-corrected chi connectivity index (χ3v) is 5.15. The van der Waals surface area contributed by atoms with E-state index in [9.17, 15) is 9.18 Å². The lowest BCUT2D eigenvalue weighted by atomic mass is 10.2. The number of hydrazone groups is 1. The van der Waals surface area contributed by atoms with E-state index in [0.717, 1.165) is 5.56 Å². The van der Waals surface area contributed by atoms with Gasteiger partial charge in [0.15, 0.2) is 23.0 Å². The van der Waals surface area contributed by atoms with Gasteiger partial charge in [-0.15, -0.1) is 0 Å². The Hall–Kier alpha value is -4.04. The summed E-state index contributed by atoms with van der Waals surface area (Å²) in [4.78, 5) is 12.6. The van der Waals surface area contributed by atoms with Crippen molar-refractivity contribution < 1.29 is 28.1 Å². The number of benzene rings is 3. The molecule has 194 valence electrons. The first kappa shape index (κ1) is 27.5. The summed E-state index contributed by atoms with van der Waals surface area (Å²) in [5.41, 5.74) is 4.21. The number of nitrogens with zero attached hydrogens (tertiary/aromatic N) is 1. The van der Waals surface area contributed by atoms with Crippen LogP contribution >= 0.6 is 11.6 Å². The van der Waals surface area contributed by atoms with Gasteiger partial charge in [0.25, 0.3) is 5.91 Å². The summed E-state index contributed by atoms with van der Waals surface area (Å²) in [6.45, 7) is 8.61. The lowest BCUT2D eigenvalue weighted by Crippen LogP contribution is -2.17. The number of hydrogen-bond donors (Lipinski definition) is 1. The molecule has 0 bridgehead atoms. The van der Waals surface area contributed by atoms with E-state index < -0.39 is 5.91 Å². The molecule has 1 amide bonds. The summed E-state index contributed by atoms with van der Waals surface area (Å²) in [7, 11) is 0. The lowest BCUT2D eigenvalue weighted by molar-refractivity contribution is 0.0954. The molecular formula is C28H28ClFN2O5. The van der Waals surface area contributed by atoms with Crippen LogP contribution in [-0.4, -0.2) is 31.9 Å². The molecule has 7 nitrogen and oxygen atoms in total. The molecular weight excluding hydrogens is 499 g/mol. The van der Waals surface area contributed by atoms with Crippen molar-refractivity contribution in [2.24, 2.45) is 5.10 Å². The second-order valence-electron chi connectivity index (χ2n) is 7.57. The van der Waals surface area contributed by atoms with E-state index in [4.69, 9.17) is 30.5 Å². The van der Waals surface area contributed by atoms with E-state index in [1.807, 2.05) is 13.8 Å². The molecule has 3 rings (SSSR count). The fraction of sp³-hybridized carbons (Fsp3) is 0.214. The molecule has 0 fully saturated rings. The molecule has 3 aromatic carbocycles. The fourth-order valence-corrected chi connectivity index (χ4v) is 3.49. The van der Waals surface area contributed by atoms with E-state index in [-0.39, 0.29) is 12.4 Å². The van der Waals surface area contributed by atoms with Gasteiger partial charge < -0.3 is 18.9 Å². The number of ether oxygens (including phenoxy) is 4. The second-order valence-corrected chi connectivity index (χ2v) is 7.98. The summed E-state index contributed by atoms with van der Waals surface area (Å²) in [5, 5.41) is 4.34. The van der Waals surface area contributed by atoms with Gasteiger partial charge in [-0.2, -0.15) is 5.10 Å². The quantitative estimate of drug-likeness (QED) is 0.163. The number of hydrogen-bond acceptors (Lipinski definition) is 6. The fourth-order valence-electron chi connectivity index (χ4n) is 3.22. The van der Waals surface area contributed by atoms with Gasteiger partial charge in [-0.3, -0.25) is 4.79 Å². The van der Waals surface area contributed by atoms with Crippen molar-refractivity contribution in [3.63, 3.8) is 0 Å². The predicted molar refractivity (Wildman–Crippen MR) is 142 cm³/mol. The molecule has 3 aromatic rings. The van der Waals surface area contributed by atoms with Crippen LogP contribution in [0.5, 0.6) is 23.0 Å². The van der Waals surface area contributed by atoms with Crippen molar-refractivity contribution in [2.45, 2.75) is 20.5 Å². The summed E-state index contributed by atoms with van der Waals surface area (Å²) in [5.74, 6) is 0.990. The van der Waals surface area contributed by atoms with Crippen LogP contribution in [0.2, 0.25) is 5.02 Å². The largest absolute Gasteiger partial charge is 0.490 e. The van der Waals surface area contributed by atoms with E-state index in [1.165, 1.54) is 18.3 Å². The van der Waals surface area contributed by atoms with Gasteiger partial charge in [-0.05, 0) is 67.4 Å². The van der Waals surface area contributed by atoms with E-state index in [0.29, 0.717) is 59.0 Å². The maximum Gasteiger partial charge on any atom is 0.271 e. The highest BCUT2D eigenvalue weighted by molar-refractivity contribution is 6.32. The number of rotatable bonds is 13. The highest BCUT2D eigenvalue weighted by atomic mass is 35.5. The van der Waals surface area contributed by atoms with Gasteiger partial charge in [0.05, 0.1) is 24.5 Å². The average Bonchev–Trinajstić information content (AvgIpc) is 2.88. The normalized spacial score (nSPS) is 10.7. The molecule has 0 atom stereocenters. The van der Waals surface area contributed by atoms with Crippen LogP contribution in [0.3, 0.4) is 0 Å². The Bertz CT molecular complexity index is 1250. The van der Waals surface area contributed by atoms with Gasteiger partial charge in [0, 0.05) is 5.56 Å². The zero-order valence-electron chi connectivity index (χ0n) is 20.6. The summed E-state index contributed by atoms with van der Waals surface area (Å²) < 4.78 is 35.8. The molecule has 0 saturated heterocycles. The number of carbonyl (C=O) groups is 1. The Kier molecular flexibility index (Phi) is 10.3. The number of halogens is 2. The molecule has 0 radical (unpaired) electrons. The van der Waals surface area contributed by atoms with Gasteiger partial charge in [-0.1, -0.05) is 36.4 Å². The van der Waals surface area contributed by atoms with E-state index in [2.05, 4.69) is 17.1 Å². The van der Waals surface area contributed by atoms with Crippen molar-refractivity contribution in [3.05, 3.63) is 94.8 Å². The predicted octanol–water partition coefficient (Wildman–Crippen LogP) is 6.18. The highest BCUT2D eigenvalue weighted by Crippen LogP contribution is 2.37. The smallest absolute Gasteiger partial charge is 0.271 e. The van der Waals surface area contributed by atoms with Crippen molar-refractivity contribution >= 4 is 23.7 Å². The second kappa shape index (κ2) is 13.9. The third-order valence-electron chi connectivity index (χ3n) is 4.87. The van der Waals surface area contributed by atoms with Crippen LogP contribution in [0.1, 0.15) is 35.3 Å². The Morgan fingerprint density at radius 2 is 1.70 bits per heavy atom. The minimum absolute atomic E-state index is 0.185. The zero-order valence-corrected chi connectivity index (χ0v) is 21.4. The molecule has 0 aromatic heterocycles. The first-order valence-electron chi connectivity index (χ1n) is 11.6. The molecule has 0 saturated carbocycles. The van der Waals surface area contributed by atoms with Crippen LogP contribution in [0.25, 0.3) is 0 Å². The lowest BCUT2D eigenvalue weighted by Gasteiger charge is -2.14. The van der Waals surface area contributed by atoms with Crippen LogP contribution < -0.4 is 24.4 Å². The Labute approximate surface area is 220 Å². The Morgan fingerprint density at radius 1 is 0.973 bits per heavy atom. The van der Waals surface area contributed by atoms with E-state index >= 15 is 0 Å². The minimum Gasteiger partial charge on any atom is -0.490 e. The Morgan fingerprint density at radius 3 is 2.41 bits per heavy atom. The number of carbonyl (C=O) groups excluding carboxylic acids is 1. The summed E-state index contributed by atoms with van der Waals surface area (Å²) >= 11 is 6.45. The highest BCUT2D eigenvalue weighted by Gasteiger charge is 2.14. The third kappa shape index (κ3) is 7.98. The monoisotopic (exact) mass is 526 g/mol. The number of amides is 1.